The predicted molar refractivity (Wildman–Crippen MR) is 93.9 cm³/mol. The number of alkyl carbamates (subject to hydrolysis) is 1. The van der Waals surface area contributed by atoms with Crippen LogP contribution in [0.15, 0.2) is 34.9 Å². The molecule has 0 aliphatic heterocycles. The van der Waals surface area contributed by atoms with E-state index in [0.29, 0.717) is 6.54 Å². The zero-order valence-electron chi connectivity index (χ0n) is 13.5. The molecule has 1 aromatic rings. The molecule has 0 fully saturated rings. The van der Waals surface area contributed by atoms with Gasteiger partial charge in [0.15, 0.2) is 0 Å². The highest BCUT2D eigenvalue weighted by Gasteiger charge is 2.15. The number of hydrogen-bond acceptors (Lipinski definition) is 3. The van der Waals surface area contributed by atoms with Gasteiger partial charge in [0.25, 0.3) is 0 Å². The van der Waals surface area contributed by atoms with Crippen molar-refractivity contribution < 1.29 is 14.3 Å². The van der Waals surface area contributed by atoms with Crippen LogP contribution in [0, 0.1) is 0 Å². The SMILES string of the molecule is CC(C)(C)OC(=O)NCCNC(=O)N/C=C/c1ccccc1Br. The summed E-state index contributed by atoms with van der Waals surface area (Å²) in [4.78, 5) is 22.9. The quantitative estimate of drug-likeness (QED) is 0.682. The normalized spacial score (nSPS) is 11.1. The van der Waals surface area contributed by atoms with E-state index in [9.17, 15) is 9.59 Å². The van der Waals surface area contributed by atoms with Gasteiger partial charge in [-0.25, -0.2) is 9.59 Å². The van der Waals surface area contributed by atoms with Crippen molar-refractivity contribution in [3.8, 4) is 0 Å². The minimum absolute atomic E-state index is 0.288. The molecule has 3 N–H and O–H groups in total. The van der Waals surface area contributed by atoms with Crippen LogP contribution in [0.4, 0.5) is 9.59 Å². The molecule has 7 heteroatoms. The summed E-state index contributed by atoms with van der Waals surface area (Å²) in [5.41, 5.74) is 0.421. The minimum atomic E-state index is -0.536. The maximum absolute atomic E-state index is 11.6. The van der Waals surface area contributed by atoms with Gasteiger partial charge < -0.3 is 20.7 Å². The lowest BCUT2D eigenvalue weighted by Crippen LogP contribution is -2.40. The van der Waals surface area contributed by atoms with Crippen molar-refractivity contribution in [2.75, 3.05) is 13.1 Å². The molecule has 0 spiro atoms. The van der Waals surface area contributed by atoms with E-state index < -0.39 is 11.7 Å². The molecule has 0 heterocycles. The molecule has 1 aromatic carbocycles. The number of rotatable bonds is 5. The van der Waals surface area contributed by atoms with Gasteiger partial charge in [-0.05, 0) is 38.5 Å². The van der Waals surface area contributed by atoms with Gasteiger partial charge in [-0.1, -0.05) is 34.1 Å². The smallest absolute Gasteiger partial charge is 0.407 e. The maximum Gasteiger partial charge on any atom is 0.407 e. The highest BCUT2D eigenvalue weighted by Crippen LogP contribution is 2.16. The molecule has 0 atom stereocenters. The number of carbonyl (C=O) groups excluding carboxylic acids is 2. The zero-order chi connectivity index (χ0) is 17.3. The Balaban J connectivity index is 2.20. The molecule has 3 amide bonds. The summed E-state index contributed by atoms with van der Waals surface area (Å²) in [6.07, 6.45) is 2.83. The van der Waals surface area contributed by atoms with Crippen molar-refractivity contribution in [2.24, 2.45) is 0 Å². The van der Waals surface area contributed by atoms with Crippen LogP contribution in [-0.2, 0) is 4.74 Å². The van der Waals surface area contributed by atoms with Gasteiger partial charge in [-0.3, -0.25) is 0 Å². The predicted octanol–water partition coefficient (Wildman–Crippen LogP) is 3.24. The first-order valence-electron chi connectivity index (χ1n) is 7.20. The van der Waals surface area contributed by atoms with Gasteiger partial charge in [0.1, 0.15) is 5.60 Å². The second-order valence-electron chi connectivity index (χ2n) is 5.68. The average Bonchev–Trinajstić information content (AvgIpc) is 2.44. The van der Waals surface area contributed by atoms with Gasteiger partial charge in [-0.15, -0.1) is 0 Å². The summed E-state index contributed by atoms with van der Waals surface area (Å²) >= 11 is 3.42. The van der Waals surface area contributed by atoms with Crippen molar-refractivity contribution in [3.05, 3.63) is 40.5 Å². The fraction of sp³-hybridized carbons (Fsp3) is 0.375. The molecule has 0 radical (unpaired) electrons. The van der Waals surface area contributed by atoms with Crippen molar-refractivity contribution >= 4 is 34.1 Å². The van der Waals surface area contributed by atoms with E-state index in [2.05, 4.69) is 31.9 Å². The molecule has 0 aromatic heterocycles. The second-order valence-corrected chi connectivity index (χ2v) is 6.54. The summed E-state index contributed by atoms with van der Waals surface area (Å²) in [6.45, 7) is 5.95. The minimum Gasteiger partial charge on any atom is -0.444 e. The van der Waals surface area contributed by atoms with Crippen molar-refractivity contribution in [3.63, 3.8) is 0 Å². The molecule has 0 saturated carbocycles. The topological polar surface area (TPSA) is 79.5 Å². The molecular formula is C16H22BrN3O3. The van der Waals surface area contributed by atoms with Crippen LogP contribution in [0.1, 0.15) is 26.3 Å². The number of amides is 3. The lowest BCUT2D eigenvalue weighted by Gasteiger charge is -2.19. The van der Waals surface area contributed by atoms with Crippen LogP contribution in [0.2, 0.25) is 0 Å². The zero-order valence-corrected chi connectivity index (χ0v) is 15.1. The molecule has 126 valence electrons. The third-order valence-electron chi connectivity index (χ3n) is 2.46. The van der Waals surface area contributed by atoms with Crippen LogP contribution >= 0.6 is 15.9 Å². The van der Waals surface area contributed by atoms with E-state index in [1.54, 1.807) is 33.0 Å². The van der Waals surface area contributed by atoms with Gasteiger partial charge in [0.2, 0.25) is 0 Å². The van der Waals surface area contributed by atoms with Gasteiger partial charge in [0.05, 0.1) is 0 Å². The molecule has 23 heavy (non-hydrogen) atoms. The number of halogens is 1. The number of urea groups is 1. The number of nitrogens with one attached hydrogen (secondary N) is 3. The number of ether oxygens (including phenoxy) is 1. The number of carbonyl (C=O) groups is 2. The third-order valence-corrected chi connectivity index (χ3v) is 3.18. The van der Waals surface area contributed by atoms with Crippen molar-refractivity contribution in [1.29, 1.82) is 0 Å². The molecule has 0 unspecified atom stereocenters. The Morgan fingerprint density at radius 1 is 1.17 bits per heavy atom. The molecule has 0 saturated heterocycles. The Kier molecular flexibility index (Phi) is 7.61. The highest BCUT2D eigenvalue weighted by molar-refractivity contribution is 9.10. The van der Waals surface area contributed by atoms with E-state index in [1.807, 2.05) is 24.3 Å². The van der Waals surface area contributed by atoms with E-state index in [1.165, 1.54) is 0 Å². The largest absolute Gasteiger partial charge is 0.444 e. The van der Waals surface area contributed by atoms with Crippen LogP contribution in [0.3, 0.4) is 0 Å². The summed E-state index contributed by atoms with van der Waals surface area (Å²) < 4.78 is 6.02. The van der Waals surface area contributed by atoms with E-state index in [0.717, 1.165) is 10.0 Å². The fourth-order valence-electron chi connectivity index (χ4n) is 1.52. The Bertz CT molecular complexity index is 568. The lowest BCUT2D eigenvalue weighted by molar-refractivity contribution is 0.0528. The molecule has 0 aliphatic rings. The van der Waals surface area contributed by atoms with E-state index in [4.69, 9.17) is 4.74 Å². The second kappa shape index (κ2) is 9.19. The fourth-order valence-corrected chi connectivity index (χ4v) is 1.94. The summed E-state index contributed by atoms with van der Waals surface area (Å²) in [7, 11) is 0. The Morgan fingerprint density at radius 3 is 2.48 bits per heavy atom. The van der Waals surface area contributed by atoms with Crippen LogP contribution < -0.4 is 16.0 Å². The first-order valence-corrected chi connectivity index (χ1v) is 7.99. The molecule has 6 nitrogen and oxygen atoms in total. The molecule has 0 aliphatic carbocycles. The Labute approximate surface area is 144 Å². The van der Waals surface area contributed by atoms with E-state index in [-0.39, 0.29) is 12.6 Å². The van der Waals surface area contributed by atoms with Crippen LogP contribution in [0.25, 0.3) is 6.08 Å². The van der Waals surface area contributed by atoms with Gasteiger partial charge in [-0.2, -0.15) is 0 Å². The highest BCUT2D eigenvalue weighted by atomic mass is 79.9. The number of hydrogen-bond donors (Lipinski definition) is 3. The lowest BCUT2D eigenvalue weighted by atomic mass is 10.2. The maximum atomic E-state index is 11.6. The Morgan fingerprint density at radius 2 is 1.83 bits per heavy atom. The van der Waals surface area contributed by atoms with Gasteiger partial charge >= 0.3 is 12.1 Å². The third kappa shape index (κ3) is 8.87. The molecule has 0 bridgehead atoms. The van der Waals surface area contributed by atoms with Crippen molar-refractivity contribution in [1.82, 2.24) is 16.0 Å². The molecular weight excluding hydrogens is 362 g/mol. The van der Waals surface area contributed by atoms with E-state index >= 15 is 0 Å². The standard InChI is InChI=1S/C16H22BrN3O3/c1-16(2,3)23-15(22)20-11-10-19-14(21)18-9-8-12-6-4-5-7-13(12)17/h4-9H,10-11H2,1-3H3,(H,20,22)(H2,18,19,21)/b9-8+. The van der Waals surface area contributed by atoms with Crippen molar-refractivity contribution in [2.45, 2.75) is 26.4 Å². The monoisotopic (exact) mass is 383 g/mol. The first kappa shape index (κ1) is 19.0. The number of benzene rings is 1. The first-order chi connectivity index (χ1) is 10.8. The Hall–Kier alpha value is -2.02. The van der Waals surface area contributed by atoms with Crippen LogP contribution in [-0.4, -0.2) is 30.8 Å². The summed E-state index contributed by atoms with van der Waals surface area (Å²) in [5, 5.41) is 7.76. The van der Waals surface area contributed by atoms with Crippen LogP contribution in [0.5, 0.6) is 0 Å². The van der Waals surface area contributed by atoms with Gasteiger partial charge in [0, 0.05) is 23.8 Å². The molecule has 1 rings (SSSR count). The summed E-state index contributed by atoms with van der Waals surface area (Å²) in [6, 6.07) is 7.32. The summed E-state index contributed by atoms with van der Waals surface area (Å²) in [5.74, 6) is 0. The average molecular weight is 384 g/mol.